The number of fused-ring (bicyclic) bond motifs is 2. The number of rotatable bonds is 1. The van der Waals surface area contributed by atoms with Crippen molar-refractivity contribution in [2.75, 3.05) is 0 Å². The number of aldehydes is 1. The summed E-state index contributed by atoms with van der Waals surface area (Å²) in [5.74, 6) is 0.509. The smallest absolute Gasteiger partial charge is 0.155 e. The number of ether oxygens (including phenoxy) is 1. The number of hydrogen-bond acceptors (Lipinski definition) is 2. The molecule has 2 aliphatic rings. The molecule has 2 bridgehead atoms. The van der Waals surface area contributed by atoms with Crippen LogP contribution in [0, 0.1) is 5.92 Å². The normalized spacial score (nSPS) is 50.1. The first-order chi connectivity index (χ1) is 4.76. The van der Waals surface area contributed by atoms with E-state index in [4.69, 9.17) is 4.74 Å². The molecule has 3 atom stereocenters. The minimum Gasteiger partial charge on any atom is -0.356 e. The van der Waals surface area contributed by atoms with Crippen LogP contribution >= 0.6 is 0 Å². The van der Waals surface area contributed by atoms with Gasteiger partial charge in [-0.25, -0.2) is 0 Å². The first-order valence-corrected chi connectivity index (χ1v) is 3.59. The molecule has 3 unspecified atom stereocenters. The van der Waals surface area contributed by atoms with Gasteiger partial charge in [-0.3, -0.25) is 4.79 Å². The van der Waals surface area contributed by atoms with Gasteiger partial charge < -0.3 is 4.74 Å². The van der Waals surface area contributed by atoms with Crippen LogP contribution in [0.3, 0.4) is 0 Å². The van der Waals surface area contributed by atoms with Gasteiger partial charge in [0.25, 0.3) is 0 Å². The van der Waals surface area contributed by atoms with E-state index in [9.17, 15) is 4.79 Å². The van der Waals surface area contributed by atoms with E-state index in [1.165, 1.54) is 0 Å². The van der Waals surface area contributed by atoms with E-state index in [1.54, 1.807) is 0 Å². The third-order valence-corrected chi connectivity index (χ3v) is 2.32. The second-order valence-corrected chi connectivity index (χ2v) is 3.20. The Bertz CT molecular complexity index is 197. The quantitative estimate of drug-likeness (QED) is 0.398. The van der Waals surface area contributed by atoms with Crippen LogP contribution in [0.5, 0.6) is 0 Å². The van der Waals surface area contributed by atoms with Gasteiger partial charge in [0, 0.05) is 0 Å². The van der Waals surface area contributed by atoms with Crippen molar-refractivity contribution in [3.63, 3.8) is 0 Å². The summed E-state index contributed by atoms with van der Waals surface area (Å²) in [5.41, 5.74) is -0.538. The Kier molecular flexibility index (Phi) is 1.04. The molecule has 2 aliphatic heterocycles. The zero-order valence-corrected chi connectivity index (χ0v) is 5.91. The van der Waals surface area contributed by atoms with Crippen molar-refractivity contribution in [3.8, 4) is 0 Å². The molecule has 0 N–H and O–H groups in total. The lowest BCUT2D eigenvalue weighted by Crippen LogP contribution is -2.24. The second-order valence-electron chi connectivity index (χ2n) is 3.20. The zero-order chi connectivity index (χ0) is 7.19. The van der Waals surface area contributed by atoms with Gasteiger partial charge in [-0.05, 0) is 18.4 Å². The van der Waals surface area contributed by atoms with Crippen LogP contribution < -0.4 is 0 Å². The first kappa shape index (κ1) is 6.10. The molecule has 10 heavy (non-hydrogen) atoms. The topological polar surface area (TPSA) is 26.3 Å². The fraction of sp³-hybridized carbons (Fsp3) is 0.625. The molecule has 1 fully saturated rings. The van der Waals surface area contributed by atoms with Crippen LogP contribution in [-0.2, 0) is 9.53 Å². The molecular formula is C8H10O2. The molecule has 0 spiro atoms. The molecule has 2 nitrogen and oxygen atoms in total. The lowest BCUT2D eigenvalue weighted by molar-refractivity contribution is -0.121. The van der Waals surface area contributed by atoms with E-state index in [0.29, 0.717) is 5.92 Å². The Hall–Kier alpha value is -0.630. The van der Waals surface area contributed by atoms with Gasteiger partial charge in [0.2, 0.25) is 0 Å². The van der Waals surface area contributed by atoms with Crippen molar-refractivity contribution in [2.24, 2.45) is 5.92 Å². The van der Waals surface area contributed by atoms with E-state index in [-0.39, 0.29) is 6.10 Å². The van der Waals surface area contributed by atoms with E-state index in [0.717, 1.165) is 12.7 Å². The maximum absolute atomic E-state index is 10.6. The number of carbonyl (C=O) groups excluding carboxylic acids is 1. The molecule has 2 heteroatoms. The molecule has 0 aromatic heterocycles. The summed E-state index contributed by atoms with van der Waals surface area (Å²) in [6, 6.07) is 0. The van der Waals surface area contributed by atoms with Crippen molar-refractivity contribution < 1.29 is 9.53 Å². The van der Waals surface area contributed by atoms with Crippen LogP contribution in [0.1, 0.15) is 13.3 Å². The average molecular weight is 138 g/mol. The lowest BCUT2D eigenvalue weighted by Gasteiger charge is -2.13. The van der Waals surface area contributed by atoms with Crippen molar-refractivity contribution >= 4 is 6.29 Å². The maximum Gasteiger partial charge on any atom is 0.155 e. The predicted octanol–water partition coefficient (Wildman–Crippen LogP) is 0.919. The van der Waals surface area contributed by atoms with Crippen molar-refractivity contribution in [2.45, 2.75) is 25.0 Å². The fourth-order valence-electron chi connectivity index (χ4n) is 1.75. The van der Waals surface area contributed by atoms with Gasteiger partial charge in [-0.2, -0.15) is 0 Å². The molecule has 0 amide bonds. The predicted molar refractivity (Wildman–Crippen MR) is 36.6 cm³/mol. The highest BCUT2D eigenvalue weighted by Crippen LogP contribution is 2.40. The van der Waals surface area contributed by atoms with Crippen LogP contribution in [0.25, 0.3) is 0 Å². The zero-order valence-electron chi connectivity index (χ0n) is 5.91. The van der Waals surface area contributed by atoms with Gasteiger partial charge in [-0.15, -0.1) is 0 Å². The molecule has 2 heterocycles. The monoisotopic (exact) mass is 138 g/mol. The highest BCUT2D eigenvalue weighted by molar-refractivity contribution is 5.68. The maximum atomic E-state index is 10.6. The van der Waals surface area contributed by atoms with Crippen LogP contribution in [-0.4, -0.2) is 18.0 Å². The molecule has 0 radical (unpaired) electrons. The van der Waals surface area contributed by atoms with Gasteiger partial charge in [-0.1, -0.05) is 13.0 Å². The van der Waals surface area contributed by atoms with E-state index in [1.807, 2.05) is 12.2 Å². The molecule has 0 saturated carbocycles. The summed E-state index contributed by atoms with van der Waals surface area (Å²) in [4.78, 5) is 10.6. The lowest BCUT2D eigenvalue weighted by atomic mass is 9.89. The van der Waals surface area contributed by atoms with Crippen LogP contribution in [0.4, 0.5) is 0 Å². The summed E-state index contributed by atoms with van der Waals surface area (Å²) < 4.78 is 5.44. The Morgan fingerprint density at radius 1 is 1.80 bits per heavy atom. The largest absolute Gasteiger partial charge is 0.356 e. The third kappa shape index (κ3) is 0.598. The number of carbonyl (C=O) groups is 1. The summed E-state index contributed by atoms with van der Waals surface area (Å²) in [7, 11) is 0. The molecule has 1 saturated heterocycles. The van der Waals surface area contributed by atoms with Crippen molar-refractivity contribution in [3.05, 3.63) is 12.2 Å². The van der Waals surface area contributed by atoms with Crippen molar-refractivity contribution in [1.82, 2.24) is 0 Å². The minimum atomic E-state index is -0.538. The Morgan fingerprint density at radius 2 is 2.60 bits per heavy atom. The molecule has 0 aromatic rings. The molecule has 54 valence electrons. The van der Waals surface area contributed by atoms with Crippen LogP contribution in [0.2, 0.25) is 0 Å². The first-order valence-electron chi connectivity index (χ1n) is 3.59. The molecule has 0 aliphatic carbocycles. The summed E-state index contributed by atoms with van der Waals surface area (Å²) in [5, 5.41) is 0. The summed E-state index contributed by atoms with van der Waals surface area (Å²) >= 11 is 0. The van der Waals surface area contributed by atoms with E-state index in [2.05, 4.69) is 6.92 Å². The highest BCUT2D eigenvalue weighted by Gasteiger charge is 2.46. The SMILES string of the molecule is CC1CC2(C=O)C=CC1O2. The van der Waals surface area contributed by atoms with Crippen molar-refractivity contribution in [1.29, 1.82) is 0 Å². The summed E-state index contributed by atoms with van der Waals surface area (Å²) in [6.07, 6.45) is 5.84. The minimum absolute atomic E-state index is 0.199. The second kappa shape index (κ2) is 1.70. The van der Waals surface area contributed by atoms with E-state index < -0.39 is 5.60 Å². The van der Waals surface area contributed by atoms with Gasteiger partial charge in [0.1, 0.15) is 5.60 Å². The highest BCUT2D eigenvalue weighted by atomic mass is 16.5. The van der Waals surface area contributed by atoms with Crippen LogP contribution in [0.15, 0.2) is 12.2 Å². The standard InChI is InChI=1S/C8H10O2/c1-6-4-8(5-9)3-2-7(6)10-8/h2-3,5-7H,4H2,1H3. The molecular weight excluding hydrogens is 128 g/mol. The molecule has 2 rings (SSSR count). The Balaban J connectivity index is 2.31. The third-order valence-electron chi connectivity index (χ3n) is 2.32. The van der Waals surface area contributed by atoms with Gasteiger partial charge in [0.15, 0.2) is 6.29 Å². The average Bonchev–Trinajstić information content (AvgIpc) is 2.45. The Morgan fingerprint density at radius 3 is 2.90 bits per heavy atom. The number of hydrogen-bond donors (Lipinski definition) is 0. The van der Waals surface area contributed by atoms with Gasteiger partial charge in [0.05, 0.1) is 6.10 Å². The van der Waals surface area contributed by atoms with Gasteiger partial charge >= 0.3 is 0 Å². The van der Waals surface area contributed by atoms with E-state index >= 15 is 0 Å². The fourth-order valence-corrected chi connectivity index (χ4v) is 1.75. The molecule has 0 aromatic carbocycles. The summed E-state index contributed by atoms with van der Waals surface area (Å²) in [6.45, 7) is 2.11. The Labute approximate surface area is 59.9 Å².